The number of halogens is 2. The minimum absolute atomic E-state index is 0.192. The predicted molar refractivity (Wildman–Crippen MR) is 99.8 cm³/mol. The fraction of sp³-hybridized carbons (Fsp3) is 0.167. The first-order chi connectivity index (χ1) is 12.4. The maximum Gasteiger partial charge on any atom is 0.338 e. The van der Waals surface area contributed by atoms with Crippen molar-refractivity contribution in [3.63, 3.8) is 0 Å². The van der Waals surface area contributed by atoms with Gasteiger partial charge < -0.3 is 15.4 Å². The monoisotopic (exact) mass is 394 g/mol. The van der Waals surface area contributed by atoms with Gasteiger partial charge in [0, 0.05) is 10.7 Å². The molecule has 0 aromatic heterocycles. The first kappa shape index (κ1) is 19.8. The molecule has 6 nitrogen and oxygen atoms in total. The van der Waals surface area contributed by atoms with Crippen molar-refractivity contribution in [2.24, 2.45) is 0 Å². The maximum atomic E-state index is 12.1. The topological polar surface area (TPSA) is 84.5 Å². The summed E-state index contributed by atoms with van der Waals surface area (Å²) in [5, 5.41) is 5.66. The summed E-state index contributed by atoms with van der Waals surface area (Å²) in [5.74, 6) is -1.43. The average molecular weight is 395 g/mol. The van der Waals surface area contributed by atoms with E-state index in [2.05, 4.69) is 10.6 Å². The molecule has 0 aliphatic carbocycles. The second kappa shape index (κ2) is 9.22. The van der Waals surface area contributed by atoms with Gasteiger partial charge in [-0.3, -0.25) is 9.59 Å². The predicted octanol–water partition coefficient (Wildman–Crippen LogP) is 3.54. The van der Waals surface area contributed by atoms with Gasteiger partial charge in [0.05, 0.1) is 29.3 Å². The van der Waals surface area contributed by atoms with Crippen molar-refractivity contribution in [1.82, 2.24) is 5.32 Å². The van der Waals surface area contributed by atoms with Crippen molar-refractivity contribution < 1.29 is 19.1 Å². The number of nitrogens with one attached hydrogen (secondary N) is 2. The van der Waals surface area contributed by atoms with Crippen molar-refractivity contribution >= 4 is 46.7 Å². The van der Waals surface area contributed by atoms with Crippen LogP contribution in [-0.4, -0.2) is 30.9 Å². The SMILES string of the molecule is CCOC(=O)c1cccc(NC(=O)CNC(=O)c2ccc(Cl)cc2Cl)c1. The number of benzene rings is 2. The summed E-state index contributed by atoms with van der Waals surface area (Å²) in [4.78, 5) is 35.8. The zero-order valence-corrected chi connectivity index (χ0v) is 15.4. The number of ether oxygens (including phenoxy) is 1. The van der Waals surface area contributed by atoms with Gasteiger partial charge in [-0.05, 0) is 43.3 Å². The molecule has 0 saturated heterocycles. The fourth-order valence-electron chi connectivity index (χ4n) is 2.07. The molecule has 0 radical (unpaired) electrons. The summed E-state index contributed by atoms with van der Waals surface area (Å²) in [6.45, 7) is 1.70. The molecule has 0 unspecified atom stereocenters. The number of carbonyl (C=O) groups excluding carboxylic acids is 3. The van der Waals surface area contributed by atoms with Gasteiger partial charge in [-0.1, -0.05) is 29.3 Å². The van der Waals surface area contributed by atoms with Crippen LogP contribution in [0.1, 0.15) is 27.6 Å². The Hall–Kier alpha value is -2.57. The molecule has 136 valence electrons. The molecule has 0 bridgehead atoms. The van der Waals surface area contributed by atoms with Crippen LogP contribution in [0.25, 0.3) is 0 Å². The first-order valence-corrected chi connectivity index (χ1v) is 8.46. The molecule has 0 heterocycles. The Kier molecular flexibility index (Phi) is 7.00. The zero-order valence-electron chi connectivity index (χ0n) is 13.8. The molecule has 2 rings (SSSR count). The van der Waals surface area contributed by atoms with E-state index in [4.69, 9.17) is 27.9 Å². The molecule has 26 heavy (non-hydrogen) atoms. The van der Waals surface area contributed by atoms with Gasteiger partial charge in [0.2, 0.25) is 5.91 Å². The quantitative estimate of drug-likeness (QED) is 0.733. The van der Waals surface area contributed by atoms with E-state index in [0.29, 0.717) is 16.3 Å². The minimum atomic E-state index is -0.498. The summed E-state index contributed by atoms with van der Waals surface area (Å²) in [7, 11) is 0. The number of amides is 2. The molecule has 2 aromatic carbocycles. The molecule has 2 N–H and O–H groups in total. The standard InChI is InChI=1S/C18H16Cl2N2O4/c1-2-26-18(25)11-4-3-5-13(8-11)22-16(23)10-21-17(24)14-7-6-12(19)9-15(14)20/h3-9H,2,10H2,1H3,(H,21,24)(H,22,23). The lowest BCUT2D eigenvalue weighted by Gasteiger charge is -2.09. The summed E-state index contributed by atoms with van der Waals surface area (Å²) in [6.07, 6.45) is 0. The van der Waals surface area contributed by atoms with Gasteiger partial charge in [0.25, 0.3) is 5.91 Å². The van der Waals surface area contributed by atoms with Crippen LogP contribution in [0, 0.1) is 0 Å². The fourth-order valence-corrected chi connectivity index (χ4v) is 2.57. The van der Waals surface area contributed by atoms with Crippen LogP contribution in [0.15, 0.2) is 42.5 Å². The number of esters is 1. The van der Waals surface area contributed by atoms with Crippen molar-refractivity contribution in [3.05, 3.63) is 63.6 Å². The van der Waals surface area contributed by atoms with E-state index in [-0.39, 0.29) is 23.7 Å². The highest BCUT2D eigenvalue weighted by atomic mass is 35.5. The third kappa shape index (κ3) is 5.47. The second-order valence-electron chi connectivity index (χ2n) is 5.16. The third-order valence-corrected chi connectivity index (χ3v) is 3.79. The first-order valence-electron chi connectivity index (χ1n) is 7.71. The number of hydrogen-bond donors (Lipinski definition) is 2. The summed E-state index contributed by atoms with van der Waals surface area (Å²) in [5.41, 5.74) is 0.953. The second-order valence-corrected chi connectivity index (χ2v) is 6.00. The highest BCUT2D eigenvalue weighted by Gasteiger charge is 2.13. The Balaban J connectivity index is 1.93. The molecule has 0 aliphatic rings. The molecular weight excluding hydrogens is 379 g/mol. The lowest BCUT2D eigenvalue weighted by Crippen LogP contribution is -2.33. The molecule has 2 amide bonds. The van der Waals surface area contributed by atoms with Crippen LogP contribution in [-0.2, 0) is 9.53 Å². The Labute approximate surface area is 160 Å². The lowest BCUT2D eigenvalue weighted by atomic mass is 10.2. The number of anilines is 1. The maximum absolute atomic E-state index is 12.1. The lowest BCUT2D eigenvalue weighted by molar-refractivity contribution is -0.115. The molecule has 8 heteroatoms. The van der Waals surface area contributed by atoms with Gasteiger partial charge in [-0.15, -0.1) is 0 Å². The van der Waals surface area contributed by atoms with E-state index in [1.165, 1.54) is 24.3 Å². The summed E-state index contributed by atoms with van der Waals surface area (Å²) < 4.78 is 4.90. The highest BCUT2D eigenvalue weighted by Crippen LogP contribution is 2.20. The van der Waals surface area contributed by atoms with Crippen LogP contribution < -0.4 is 10.6 Å². The van der Waals surface area contributed by atoms with E-state index < -0.39 is 17.8 Å². The Morgan fingerprint density at radius 1 is 1.08 bits per heavy atom. The Bertz CT molecular complexity index is 840. The van der Waals surface area contributed by atoms with Gasteiger partial charge >= 0.3 is 5.97 Å². The molecule has 0 aliphatic heterocycles. The summed E-state index contributed by atoms with van der Waals surface area (Å²) >= 11 is 11.7. The zero-order chi connectivity index (χ0) is 19.1. The molecule has 0 atom stereocenters. The molecule has 0 saturated carbocycles. The van der Waals surface area contributed by atoms with Crippen molar-refractivity contribution in [1.29, 1.82) is 0 Å². The van der Waals surface area contributed by atoms with E-state index in [1.807, 2.05) is 0 Å². The van der Waals surface area contributed by atoms with Crippen molar-refractivity contribution in [2.45, 2.75) is 6.92 Å². The van der Waals surface area contributed by atoms with Crippen LogP contribution in [0.3, 0.4) is 0 Å². The summed E-state index contributed by atoms with van der Waals surface area (Å²) in [6, 6.07) is 10.8. The van der Waals surface area contributed by atoms with E-state index >= 15 is 0 Å². The Morgan fingerprint density at radius 3 is 2.54 bits per heavy atom. The van der Waals surface area contributed by atoms with E-state index in [1.54, 1.807) is 25.1 Å². The van der Waals surface area contributed by atoms with E-state index in [0.717, 1.165) is 0 Å². The van der Waals surface area contributed by atoms with Gasteiger partial charge in [-0.25, -0.2) is 4.79 Å². The van der Waals surface area contributed by atoms with Gasteiger partial charge in [0.15, 0.2) is 0 Å². The van der Waals surface area contributed by atoms with Gasteiger partial charge in [0.1, 0.15) is 0 Å². The Morgan fingerprint density at radius 2 is 1.85 bits per heavy atom. The highest BCUT2D eigenvalue weighted by molar-refractivity contribution is 6.36. The number of carbonyl (C=O) groups is 3. The number of rotatable bonds is 6. The van der Waals surface area contributed by atoms with Crippen molar-refractivity contribution in [2.75, 3.05) is 18.5 Å². The van der Waals surface area contributed by atoms with Gasteiger partial charge in [-0.2, -0.15) is 0 Å². The molecule has 0 spiro atoms. The normalized spacial score (nSPS) is 10.1. The minimum Gasteiger partial charge on any atom is -0.462 e. The largest absolute Gasteiger partial charge is 0.462 e. The van der Waals surface area contributed by atoms with Crippen LogP contribution in [0.4, 0.5) is 5.69 Å². The van der Waals surface area contributed by atoms with Crippen LogP contribution in [0.5, 0.6) is 0 Å². The molecular formula is C18H16Cl2N2O4. The molecule has 2 aromatic rings. The average Bonchev–Trinajstić information content (AvgIpc) is 2.60. The smallest absolute Gasteiger partial charge is 0.338 e. The van der Waals surface area contributed by atoms with E-state index in [9.17, 15) is 14.4 Å². The number of hydrogen-bond acceptors (Lipinski definition) is 4. The van der Waals surface area contributed by atoms with Crippen LogP contribution >= 0.6 is 23.2 Å². The van der Waals surface area contributed by atoms with Crippen LogP contribution in [0.2, 0.25) is 10.0 Å². The molecule has 0 fully saturated rings. The third-order valence-electron chi connectivity index (χ3n) is 3.24. The van der Waals surface area contributed by atoms with Crippen molar-refractivity contribution in [3.8, 4) is 0 Å².